The molecular weight excluding hydrogens is 304 g/mol. The van der Waals surface area contributed by atoms with E-state index in [1.54, 1.807) is 0 Å². The second-order valence-corrected chi connectivity index (χ2v) is 6.36. The number of nitrogens with zero attached hydrogens (tertiary/aromatic N) is 3. The van der Waals surface area contributed by atoms with Gasteiger partial charge in [0.15, 0.2) is 5.76 Å². The Hall–Kier alpha value is -2.34. The monoisotopic (exact) mass is 328 g/mol. The molecule has 3 rings (SSSR count). The van der Waals surface area contributed by atoms with Gasteiger partial charge < -0.3 is 14.7 Å². The van der Waals surface area contributed by atoms with Crippen molar-refractivity contribution < 1.29 is 9.32 Å². The van der Waals surface area contributed by atoms with Gasteiger partial charge >= 0.3 is 6.03 Å². The van der Waals surface area contributed by atoms with Gasteiger partial charge in [-0.05, 0) is 19.4 Å². The van der Waals surface area contributed by atoms with Crippen LogP contribution in [0.15, 0.2) is 40.9 Å². The molecule has 1 fully saturated rings. The van der Waals surface area contributed by atoms with Crippen LogP contribution in [0.4, 0.5) is 4.79 Å². The number of carbonyl (C=O) groups is 1. The van der Waals surface area contributed by atoms with Crippen LogP contribution in [0, 0.1) is 6.92 Å². The molecule has 0 radical (unpaired) electrons. The highest BCUT2D eigenvalue weighted by molar-refractivity contribution is 5.74. The van der Waals surface area contributed by atoms with Crippen molar-refractivity contribution in [1.29, 1.82) is 0 Å². The van der Waals surface area contributed by atoms with Crippen molar-refractivity contribution in [2.24, 2.45) is 0 Å². The maximum atomic E-state index is 12.4. The van der Waals surface area contributed by atoms with E-state index in [0.717, 1.165) is 31.9 Å². The lowest BCUT2D eigenvalue weighted by Gasteiger charge is -2.39. The Morgan fingerprint density at radius 1 is 1.33 bits per heavy atom. The standard InChI is InChI=1S/C18H24N4O2/c1-14-10-17(24-20-14)11-19-18(23)22-9-8-21(12-15(22)2)13-16-6-4-3-5-7-16/h3-7,10,15H,8-9,11-13H2,1-2H3,(H,19,23)/t15-/m0/s1. The fraction of sp³-hybridized carbons (Fsp3) is 0.444. The van der Waals surface area contributed by atoms with E-state index in [9.17, 15) is 4.79 Å². The third-order valence-corrected chi connectivity index (χ3v) is 4.31. The van der Waals surface area contributed by atoms with Gasteiger partial charge in [0.2, 0.25) is 0 Å². The third-order valence-electron chi connectivity index (χ3n) is 4.31. The van der Waals surface area contributed by atoms with Crippen molar-refractivity contribution in [2.45, 2.75) is 33.0 Å². The molecule has 6 heteroatoms. The Morgan fingerprint density at radius 2 is 2.12 bits per heavy atom. The van der Waals surface area contributed by atoms with E-state index in [-0.39, 0.29) is 12.1 Å². The first-order valence-corrected chi connectivity index (χ1v) is 8.35. The Balaban J connectivity index is 1.48. The van der Waals surface area contributed by atoms with Crippen molar-refractivity contribution in [3.63, 3.8) is 0 Å². The van der Waals surface area contributed by atoms with E-state index >= 15 is 0 Å². The smallest absolute Gasteiger partial charge is 0.318 e. The lowest BCUT2D eigenvalue weighted by Crippen LogP contribution is -2.56. The highest BCUT2D eigenvalue weighted by Crippen LogP contribution is 2.13. The zero-order valence-electron chi connectivity index (χ0n) is 14.2. The number of urea groups is 1. The van der Waals surface area contributed by atoms with Gasteiger partial charge in [0.1, 0.15) is 0 Å². The van der Waals surface area contributed by atoms with E-state index in [4.69, 9.17) is 4.52 Å². The number of aromatic nitrogens is 1. The van der Waals surface area contributed by atoms with Crippen LogP contribution in [0.25, 0.3) is 0 Å². The van der Waals surface area contributed by atoms with Crippen molar-refractivity contribution in [2.75, 3.05) is 19.6 Å². The summed E-state index contributed by atoms with van der Waals surface area (Å²) in [6, 6.07) is 12.4. The topological polar surface area (TPSA) is 61.6 Å². The number of hydrogen-bond donors (Lipinski definition) is 1. The van der Waals surface area contributed by atoms with E-state index in [1.165, 1.54) is 5.56 Å². The molecule has 0 aliphatic carbocycles. The molecule has 1 N–H and O–H groups in total. The summed E-state index contributed by atoms with van der Waals surface area (Å²) in [4.78, 5) is 16.7. The van der Waals surface area contributed by atoms with Gasteiger partial charge in [0.05, 0.1) is 12.2 Å². The SMILES string of the molecule is Cc1cc(CNC(=O)N2CCN(Cc3ccccc3)C[C@@H]2C)on1. The van der Waals surface area contributed by atoms with Crippen LogP contribution in [-0.4, -0.2) is 46.7 Å². The van der Waals surface area contributed by atoms with E-state index in [2.05, 4.69) is 46.6 Å². The maximum absolute atomic E-state index is 12.4. The highest BCUT2D eigenvalue weighted by Gasteiger charge is 2.27. The molecule has 1 aliphatic rings. The first-order chi connectivity index (χ1) is 11.6. The predicted octanol–water partition coefficient (Wildman–Crippen LogP) is 2.40. The fourth-order valence-corrected chi connectivity index (χ4v) is 3.08. The summed E-state index contributed by atoms with van der Waals surface area (Å²) in [6.07, 6.45) is 0. The predicted molar refractivity (Wildman–Crippen MR) is 91.4 cm³/mol. The molecule has 6 nitrogen and oxygen atoms in total. The van der Waals surface area contributed by atoms with Gasteiger partial charge in [0.25, 0.3) is 0 Å². The summed E-state index contributed by atoms with van der Waals surface area (Å²) < 4.78 is 5.12. The Morgan fingerprint density at radius 3 is 2.79 bits per heavy atom. The summed E-state index contributed by atoms with van der Waals surface area (Å²) in [7, 11) is 0. The largest absolute Gasteiger partial charge is 0.359 e. The molecule has 1 aliphatic heterocycles. The molecule has 2 aromatic rings. The normalized spacial score (nSPS) is 18.6. The van der Waals surface area contributed by atoms with Gasteiger partial charge in [-0.1, -0.05) is 35.5 Å². The molecule has 2 amide bonds. The second-order valence-electron chi connectivity index (χ2n) is 6.36. The van der Waals surface area contributed by atoms with Crippen LogP contribution in [0.2, 0.25) is 0 Å². The summed E-state index contributed by atoms with van der Waals surface area (Å²) >= 11 is 0. The molecular formula is C18H24N4O2. The Labute approximate surface area is 142 Å². The van der Waals surface area contributed by atoms with Crippen LogP contribution in [0.5, 0.6) is 0 Å². The molecule has 0 bridgehead atoms. The molecule has 1 aromatic heterocycles. The van der Waals surface area contributed by atoms with Gasteiger partial charge in [-0.15, -0.1) is 0 Å². The van der Waals surface area contributed by atoms with E-state index in [1.807, 2.05) is 24.0 Å². The van der Waals surface area contributed by atoms with Crippen molar-refractivity contribution >= 4 is 6.03 Å². The molecule has 0 unspecified atom stereocenters. The van der Waals surface area contributed by atoms with E-state index in [0.29, 0.717) is 12.3 Å². The number of amides is 2. The van der Waals surface area contributed by atoms with Crippen molar-refractivity contribution in [3.8, 4) is 0 Å². The van der Waals surface area contributed by atoms with Crippen LogP contribution < -0.4 is 5.32 Å². The molecule has 1 saturated heterocycles. The minimum atomic E-state index is -0.0454. The van der Waals surface area contributed by atoms with Crippen LogP contribution >= 0.6 is 0 Å². The van der Waals surface area contributed by atoms with Gasteiger partial charge in [-0.3, -0.25) is 4.90 Å². The average molecular weight is 328 g/mol. The lowest BCUT2D eigenvalue weighted by atomic mass is 10.1. The molecule has 2 heterocycles. The molecule has 0 spiro atoms. The number of rotatable bonds is 4. The summed E-state index contributed by atoms with van der Waals surface area (Å²) in [5, 5.41) is 6.74. The first kappa shape index (κ1) is 16.5. The van der Waals surface area contributed by atoms with Gasteiger partial charge in [-0.25, -0.2) is 4.79 Å². The minimum absolute atomic E-state index is 0.0454. The number of nitrogens with one attached hydrogen (secondary N) is 1. The van der Waals surface area contributed by atoms with Crippen molar-refractivity contribution in [1.82, 2.24) is 20.3 Å². The lowest BCUT2D eigenvalue weighted by molar-refractivity contribution is 0.0970. The first-order valence-electron chi connectivity index (χ1n) is 8.35. The molecule has 0 saturated carbocycles. The van der Waals surface area contributed by atoms with E-state index < -0.39 is 0 Å². The number of aryl methyl sites for hydroxylation is 1. The minimum Gasteiger partial charge on any atom is -0.359 e. The molecule has 1 atom stereocenters. The fourth-order valence-electron chi connectivity index (χ4n) is 3.08. The quantitative estimate of drug-likeness (QED) is 0.936. The van der Waals surface area contributed by atoms with Crippen LogP contribution in [0.1, 0.15) is 23.9 Å². The van der Waals surface area contributed by atoms with Crippen LogP contribution in [0.3, 0.4) is 0 Å². The van der Waals surface area contributed by atoms with Gasteiger partial charge in [-0.2, -0.15) is 0 Å². The molecule has 24 heavy (non-hydrogen) atoms. The summed E-state index contributed by atoms with van der Waals surface area (Å²) in [5.41, 5.74) is 2.13. The maximum Gasteiger partial charge on any atom is 0.318 e. The average Bonchev–Trinajstić information content (AvgIpc) is 2.99. The number of hydrogen-bond acceptors (Lipinski definition) is 4. The zero-order chi connectivity index (χ0) is 16.9. The third kappa shape index (κ3) is 4.14. The number of benzene rings is 1. The Bertz CT molecular complexity index is 671. The van der Waals surface area contributed by atoms with Crippen molar-refractivity contribution in [3.05, 3.63) is 53.4 Å². The summed E-state index contributed by atoms with van der Waals surface area (Å²) in [6.45, 7) is 7.75. The number of carbonyl (C=O) groups excluding carboxylic acids is 1. The summed E-state index contributed by atoms with van der Waals surface area (Å²) in [5.74, 6) is 0.677. The molecule has 1 aromatic carbocycles. The van der Waals surface area contributed by atoms with Gasteiger partial charge in [0, 0.05) is 38.3 Å². The second kappa shape index (κ2) is 7.49. The van der Waals surface area contributed by atoms with Crippen LogP contribution in [-0.2, 0) is 13.1 Å². The highest BCUT2D eigenvalue weighted by atomic mass is 16.5. The molecule has 128 valence electrons. The number of piperazine rings is 1. The Kier molecular flexibility index (Phi) is 5.15. The zero-order valence-corrected chi connectivity index (χ0v) is 14.2.